The molecule has 0 fully saturated rings. The minimum absolute atomic E-state index is 0.703. The molecule has 18 heteroatoms. The summed E-state index contributed by atoms with van der Waals surface area (Å²) in [4.78, 5) is 55.9. The third-order valence-corrected chi connectivity index (χ3v) is 3.82. The predicted octanol–water partition coefficient (Wildman–Crippen LogP) is -0.0879. The number of hydrogen-bond donors (Lipinski definition) is 0. The second-order valence-electron chi connectivity index (χ2n) is 5.16. The monoisotopic (exact) mass is 404 g/mol. The highest BCUT2D eigenvalue weighted by atomic mass is 16.7. The van der Waals surface area contributed by atoms with Gasteiger partial charge in [0.05, 0.1) is 0 Å². The van der Waals surface area contributed by atoms with Gasteiger partial charge >= 0.3 is 17.5 Å². The Labute approximate surface area is 151 Å². The highest BCUT2D eigenvalue weighted by Crippen LogP contribution is 2.36. The Morgan fingerprint density at radius 3 is 1.36 bits per heavy atom. The average Bonchev–Trinajstić information content (AvgIpc) is 2.57. The van der Waals surface area contributed by atoms with Crippen LogP contribution in [-0.4, -0.2) is 41.4 Å². The lowest BCUT2D eigenvalue weighted by molar-refractivity contribution is -0.976. The molecule has 1 rings (SSSR count). The van der Waals surface area contributed by atoms with E-state index in [-0.39, 0.29) is 0 Å². The first kappa shape index (κ1) is 21.7. The maximum absolute atomic E-state index is 11.6. The second kappa shape index (κ2) is 7.47. The molecule has 0 aliphatic rings. The van der Waals surface area contributed by atoms with E-state index in [1.165, 1.54) is 6.07 Å². The van der Waals surface area contributed by atoms with Crippen molar-refractivity contribution in [2.75, 3.05) is 0 Å². The first-order chi connectivity index (χ1) is 12.9. The number of benzene rings is 1. The Kier molecular flexibility index (Phi) is 5.78. The molecule has 0 spiro atoms. The lowest BCUT2D eigenvalue weighted by atomic mass is 9.88. The molecule has 0 bridgehead atoms. The smallest absolute Gasteiger partial charge is 0.264 e. The maximum Gasteiger partial charge on any atom is 0.707 e. The molecule has 0 aliphatic carbocycles. The van der Waals surface area contributed by atoms with E-state index in [2.05, 4.69) is 0 Å². The van der Waals surface area contributed by atoms with E-state index in [4.69, 9.17) is 0 Å². The largest absolute Gasteiger partial charge is 0.707 e. The van der Waals surface area contributed by atoms with Crippen molar-refractivity contribution in [3.05, 3.63) is 96.6 Å². The summed E-state index contributed by atoms with van der Waals surface area (Å²) in [5, 5.41) is 67.6. The Hall–Kier alpha value is -4.38. The van der Waals surface area contributed by atoms with Crippen molar-refractivity contribution in [2.45, 2.75) is 23.9 Å². The quantitative estimate of drug-likeness (QED) is 0.281. The SMILES string of the molecule is O=[N+]([O-])C(CC([N+](=O)[O-])([N+](=O)[O-])[N+](=O)[O-])C(c1ccccc1)([N+](=O)[O-])[N+](=O)[O-]. The van der Waals surface area contributed by atoms with Crippen LogP contribution < -0.4 is 0 Å². The summed E-state index contributed by atoms with van der Waals surface area (Å²) in [7, 11) is 0. The van der Waals surface area contributed by atoms with Gasteiger partial charge in [-0.1, -0.05) is 18.2 Å². The van der Waals surface area contributed by atoms with E-state index >= 15 is 0 Å². The fourth-order valence-corrected chi connectivity index (χ4v) is 2.44. The molecule has 150 valence electrons. The van der Waals surface area contributed by atoms with Crippen LogP contribution in [0.2, 0.25) is 0 Å². The molecule has 1 aromatic rings. The molecule has 0 aromatic heterocycles. The van der Waals surface area contributed by atoms with Crippen molar-refractivity contribution in [3.63, 3.8) is 0 Å². The molecule has 28 heavy (non-hydrogen) atoms. The van der Waals surface area contributed by atoms with E-state index in [0.29, 0.717) is 12.1 Å². The molecule has 0 saturated heterocycles. The summed E-state index contributed by atoms with van der Waals surface area (Å²) in [5.74, 6) is -4.52. The van der Waals surface area contributed by atoms with Gasteiger partial charge in [0.2, 0.25) is 0 Å². The minimum Gasteiger partial charge on any atom is -0.264 e. The molecule has 0 N–H and O–H groups in total. The van der Waals surface area contributed by atoms with Gasteiger partial charge in [0.25, 0.3) is 6.42 Å². The van der Waals surface area contributed by atoms with Crippen LogP contribution in [0.25, 0.3) is 0 Å². The van der Waals surface area contributed by atoms with Gasteiger partial charge in [0, 0.05) is 4.92 Å². The normalized spacial score (nSPS) is 12.6. The van der Waals surface area contributed by atoms with Crippen molar-refractivity contribution < 1.29 is 29.5 Å². The van der Waals surface area contributed by atoms with Crippen LogP contribution >= 0.6 is 0 Å². The summed E-state index contributed by atoms with van der Waals surface area (Å²) >= 11 is 0. The van der Waals surface area contributed by atoms with E-state index in [1.54, 1.807) is 0 Å². The minimum atomic E-state index is -4.52. The number of nitrogens with zero attached hydrogens (tertiary/aromatic N) is 6. The summed E-state index contributed by atoms with van der Waals surface area (Å²) < 4.78 is 0. The molecule has 18 nitrogen and oxygen atoms in total. The summed E-state index contributed by atoms with van der Waals surface area (Å²) in [6.45, 7) is 0. The fourth-order valence-electron chi connectivity index (χ4n) is 2.44. The molecule has 0 amide bonds. The summed E-state index contributed by atoms with van der Waals surface area (Å²) in [6.07, 6.45) is -2.37. The third-order valence-electron chi connectivity index (χ3n) is 3.82. The van der Waals surface area contributed by atoms with Gasteiger partial charge in [-0.05, 0) is 12.1 Å². The Balaban J connectivity index is 3.90. The van der Waals surface area contributed by atoms with Crippen LogP contribution in [-0.2, 0) is 5.66 Å². The predicted molar refractivity (Wildman–Crippen MR) is 81.2 cm³/mol. The van der Waals surface area contributed by atoms with Crippen molar-refractivity contribution in [1.29, 1.82) is 0 Å². The van der Waals surface area contributed by atoms with E-state index in [9.17, 15) is 60.7 Å². The Morgan fingerprint density at radius 2 is 1.07 bits per heavy atom. The van der Waals surface area contributed by atoms with Crippen molar-refractivity contribution >= 4 is 0 Å². The fraction of sp³-hybridized carbons (Fsp3) is 0.400. The van der Waals surface area contributed by atoms with Crippen LogP contribution in [0.15, 0.2) is 30.3 Å². The first-order valence-electron chi connectivity index (χ1n) is 6.78. The number of nitro groups is 6. The van der Waals surface area contributed by atoms with Crippen LogP contribution in [0.1, 0.15) is 12.0 Å². The zero-order valence-electron chi connectivity index (χ0n) is 13.3. The standard InChI is InChI=1S/C10H8N6O12/c17-11(18)8(6-9(12(19)20,13(21)22)14(23)24)10(15(25)26,16(27)28)7-4-2-1-3-5-7/h1-5,8H,6H2. The Bertz CT molecular complexity index is 806. The molecule has 1 aromatic carbocycles. The zero-order valence-corrected chi connectivity index (χ0v) is 13.3. The van der Waals surface area contributed by atoms with Gasteiger partial charge in [0.1, 0.15) is 15.4 Å². The highest BCUT2D eigenvalue weighted by Gasteiger charge is 2.82. The topological polar surface area (TPSA) is 259 Å². The molecule has 0 radical (unpaired) electrons. The molecular weight excluding hydrogens is 396 g/mol. The van der Waals surface area contributed by atoms with Crippen LogP contribution in [0, 0.1) is 60.7 Å². The van der Waals surface area contributed by atoms with Crippen LogP contribution in [0.4, 0.5) is 0 Å². The van der Waals surface area contributed by atoms with Crippen molar-refractivity contribution in [3.8, 4) is 0 Å². The highest BCUT2D eigenvalue weighted by molar-refractivity contribution is 5.21. The molecule has 1 atom stereocenters. The average molecular weight is 404 g/mol. The van der Waals surface area contributed by atoms with Crippen molar-refractivity contribution in [2.24, 2.45) is 0 Å². The summed E-state index contributed by atoms with van der Waals surface area (Å²) in [5.41, 5.74) is -4.94. The van der Waals surface area contributed by atoms with Gasteiger partial charge in [0.15, 0.2) is 14.8 Å². The zero-order chi connectivity index (χ0) is 21.9. The number of rotatable bonds is 10. The first-order valence-corrected chi connectivity index (χ1v) is 6.78. The van der Waals surface area contributed by atoms with Gasteiger partial charge in [-0.15, -0.1) is 0 Å². The molecule has 0 aliphatic heterocycles. The van der Waals surface area contributed by atoms with E-state index in [1.807, 2.05) is 0 Å². The number of hydrogen-bond acceptors (Lipinski definition) is 12. The molecule has 1 unspecified atom stereocenters. The maximum atomic E-state index is 11.6. The lowest BCUT2D eigenvalue weighted by Gasteiger charge is -2.20. The van der Waals surface area contributed by atoms with Gasteiger partial charge < -0.3 is 0 Å². The van der Waals surface area contributed by atoms with Crippen molar-refractivity contribution in [1.82, 2.24) is 0 Å². The Morgan fingerprint density at radius 1 is 0.679 bits per heavy atom. The second-order valence-corrected chi connectivity index (χ2v) is 5.16. The summed E-state index contributed by atoms with van der Waals surface area (Å²) in [6, 6.07) is 1.31. The molecule has 0 heterocycles. The van der Waals surface area contributed by atoms with Gasteiger partial charge in [-0.25, -0.2) is 0 Å². The van der Waals surface area contributed by atoms with Crippen LogP contribution in [0.5, 0.6) is 0 Å². The molecular formula is C10H8N6O12. The van der Waals surface area contributed by atoms with Gasteiger partial charge in [-0.2, -0.15) is 0 Å². The van der Waals surface area contributed by atoms with E-state index < -0.39 is 59.0 Å². The molecule has 0 saturated carbocycles. The third kappa shape index (κ3) is 3.08. The lowest BCUT2D eigenvalue weighted by Crippen LogP contribution is -2.63. The van der Waals surface area contributed by atoms with E-state index in [0.717, 1.165) is 12.1 Å². The van der Waals surface area contributed by atoms with Crippen LogP contribution in [0.3, 0.4) is 0 Å². The van der Waals surface area contributed by atoms with Gasteiger partial charge in [-0.3, -0.25) is 60.7 Å².